The largest absolute Gasteiger partial charge is 0.433 e. The van der Waals surface area contributed by atoms with E-state index in [2.05, 4.69) is 10.1 Å². The number of aromatic nitrogens is 3. The molecule has 0 spiro atoms. The highest BCUT2D eigenvalue weighted by Gasteiger charge is 2.37. The van der Waals surface area contributed by atoms with Gasteiger partial charge in [0.05, 0.1) is 11.7 Å². The van der Waals surface area contributed by atoms with Crippen LogP contribution in [-0.2, 0) is 17.4 Å². The first-order chi connectivity index (χ1) is 11.7. The second-order valence-corrected chi connectivity index (χ2v) is 6.67. The lowest BCUT2D eigenvalue weighted by Crippen LogP contribution is -2.33. The molecule has 25 heavy (non-hydrogen) atoms. The van der Waals surface area contributed by atoms with Gasteiger partial charge in [0.1, 0.15) is 5.69 Å². The minimum Gasteiger partial charge on any atom is -0.334 e. The maximum atomic E-state index is 13.4. The number of carbonyl (C=O) groups is 1. The van der Waals surface area contributed by atoms with Gasteiger partial charge in [0.25, 0.3) is 0 Å². The van der Waals surface area contributed by atoms with Crippen LogP contribution in [0.15, 0.2) is 12.1 Å². The van der Waals surface area contributed by atoms with Crippen LogP contribution >= 0.6 is 0 Å². The first kappa shape index (κ1) is 17.7. The lowest BCUT2D eigenvalue weighted by Gasteiger charge is -2.25. The van der Waals surface area contributed by atoms with Crippen molar-refractivity contribution in [2.45, 2.75) is 52.3 Å². The number of hydrogen-bond donors (Lipinski definition) is 0. The highest BCUT2D eigenvalue weighted by molar-refractivity contribution is 5.78. The zero-order valence-electron chi connectivity index (χ0n) is 14.5. The van der Waals surface area contributed by atoms with Gasteiger partial charge in [-0.15, -0.1) is 0 Å². The van der Waals surface area contributed by atoms with Gasteiger partial charge in [-0.3, -0.25) is 4.79 Å². The van der Waals surface area contributed by atoms with E-state index in [4.69, 9.17) is 0 Å². The maximum absolute atomic E-state index is 13.4. The monoisotopic (exact) mass is 354 g/mol. The lowest BCUT2D eigenvalue weighted by atomic mass is 10.1. The minimum atomic E-state index is -4.52. The highest BCUT2D eigenvalue weighted by atomic mass is 19.4. The predicted molar refractivity (Wildman–Crippen MR) is 85.9 cm³/mol. The van der Waals surface area contributed by atoms with Crippen molar-refractivity contribution in [2.24, 2.45) is 5.92 Å². The van der Waals surface area contributed by atoms with Gasteiger partial charge < -0.3 is 4.90 Å². The van der Waals surface area contributed by atoms with E-state index in [0.29, 0.717) is 30.8 Å². The van der Waals surface area contributed by atoms with Gasteiger partial charge in [0, 0.05) is 24.2 Å². The second-order valence-electron chi connectivity index (χ2n) is 6.67. The Hall–Kier alpha value is -2.12. The first-order valence-corrected chi connectivity index (χ1v) is 8.49. The molecular formula is C17H21F3N4O. The van der Waals surface area contributed by atoms with Gasteiger partial charge in [-0.1, -0.05) is 20.8 Å². The summed E-state index contributed by atoms with van der Waals surface area (Å²) in [5.41, 5.74) is 0.177. The zero-order valence-corrected chi connectivity index (χ0v) is 14.5. The molecule has 3 rings (SSSR count). The van der Waals surface area contributed by atoms with Crippen molar-refractivity contribution in [1.82, 2.24) is 19.5 Å². The van der Waals surface area contributed by atoms with Crippen LogP contribution in [0.2, 0.25) is 0 Å². The topological polar surface area (TPSA) is 50.5 Å². The van der Waals surface area contributed by atoms with Crippen molar-refractivity contribution in [3.05, 3.63) is 29.2 Å². The Bertz CT molecular complexity index is 797. The van der Waals surface area contributed by atoms with Crippen LogP contribution in [0.3, 0.4) is 0 Å². The van der Waals surface area contributed by atoms with Crippen LogP contribution in [0.1, 0.15) is 56.7 Å². The molecule has 1 aliphatic heterocycles. The van der Waals surface area contributed by atoms with Crippen molar-refractivity contribution in [3.8, 4) is 0 Å². The van der Waals surface area contributed by atoms with Gasteiger partial charge >= 0.3 is 6.18 Å². The molecule has 0 N–H and O–H groups in total. The molecule has 136 valence electrons. The van der Waals surface area contributed by atoms with E-state index >= 15 is 0 Å². The molecule has 1 amide bonds. The van der Waals surface area contributed by atoms with Crippen molar-refractivity contribution in [1.29, 1.82) is 0 Å². The fourth-order valence-corrected chi connectivity index (χ4v) is 3.26. The summed E-state index contributed by atoms with van der Waals surface area (Å²) in [6, 6.07) is 2.32. The molecule has 3 heterocycles. The van der Waals surface area contributed by atoms with Gasteiger partial charge in [0.2, 0.25) is 5.91 Å². The summed E-state index contributed by atoms with van der Waals surface area (Å²) in [5, 5.41) is 4.17. The summed E-state index contributed by atoms with van der Waals surface area (Å²) in [4.78, 5) is 18.4. The van der Waals surface area contributed by atoms with Crippen LogP contribution in [0.5, 0.6) is 0 Å². The summed E-state index contributed by atoms with van der Waals surface area (Å²) in [6.45, 7) is 6.00. The number of rotatable bonds is 3. The average molecular weight is 354 g/mol. The van der Waals surface area contributed by atoms with Crippen LogP contribution in [0.4, 0.5) is 13.2 Å². The summed E-state index contributed by atoms with van der Waals surface area (Å²) in [5.74, 6) is -0.161. The summed E-state index contributed by atoms with van der Waals surface area (Å²) >= 11 is 0. The molecule has 1 fully saturated rings. The third-order valence-electron chi connectivity index (χ3n) is 4.52. The summed E-state index contributed by atoms with van der Waals surface area (Å²) in [6.07, 6.45) is -2.60. The fraction of sp³-hybridized carbons (Fsp3) is 0.588. The lowest BCUT2D eigenvalue weighted by molar-refractivity contribution is -0.143. The van der Waals surface area contributed by atoms with Gasteiger partial charge in [-0.2, -0.15) is 18.3 Å². The molecule has 8 heteroatoms. The molecule has 2 aromatic heterocycles. The zero-order chi connectivity index (χ0) is 18.4. The Balaban J connectivity index is 2.08. The molecule has 0 aliphatic carbocycles. The number of fused-ring (bicyclic) bond motifs is 1. The highest BCUT2D eigenvalue weighted by Crippen LogP contribution is 2.35. The van der Waals surface area contributed by atoms with Crippen LogP contribution < -0.4 is 0 Å². The standard InChI is InChI=1S/C17H21F3N4O/c1-4-11-8-14(17(18,19)20)24-15(21-11)9-12(22-24)13-6-5-7-23(13)16(25)10(2)3/h8-10,13H,4-7H2,1-3H3/t13-/m1/s1. The Labute approximate surface area is 143 Å². The number of aryl methyl sites for hydroxylation is 1. The number of amides is 1. The predicted octanol–water partition coefficient (Wildman–Crippen LogP) is 3.63. The van der Waals surface area contributed by atoms with E-state index in [-0.39, 0.29) is 23.5 Å². The molecule has 1 aliphatic rings. The molecule has 1 atom stereocenters. The Kier molecular flexibility index (Phi) is 4.47. The number of alkyl halides is 3. The summed E-state index contributed by atoms with van der Waals surface area (Å²) in [7, 11) is 0. The van der Waals surface area contributed by atoms with Gasteiger partial charge in [-0.05, 0) is 25.3 Å². The molecule has 2 aromatic rings. The molecule has 0 saturated carbocycles. The van der Waals surface area contributed by atoms with Crippen molar-refractivity contribution < 1.29 is 18.0 Å². The van der Waals surface area contributed by atoms with E-state index in [1.54, 1.807) is 17.9 Å². The van der Waals surface area contributed by atoms with E-state index in [1.165, 1.54) is 0 Å². The average Bonchev–Trinajstić information content (AvgIpc) is 3.17. The Morgan fingerprint density at radius 3 is 2.68 bits per heavy atom. The molecule has 0 bridgehead atoms. The molecule has 0 aromatic carbocycles. The Morgan fingerprint density at radius 2 is 2.08 bits per heavy atom. The molecule has 0 radical (unpaired) electrons. The number of likely N-dealkylation sites (tertiary alicyclic amines) is 1. The van der Waals surface area contributed by atoms with Gasteiger partial charge in [0.15, 0.2) is 5.65 Å². The van der Waals surface area contributed by atoms with E-state index < -0.39 is 11.9 Å². The third-order valence-corrected chi connectivity index (χ3v) is 4.52. The number of carbonyl (C=O) groups excluding carboxylic acids is 1. The second kappa shape index (κ2) is 6.31. The van der Waals surface area contributed by atoms with E-state index in [0.717, 1.165) is 17.0 Å². The van der Waals surface area contributed by atoms with Crippen molar-refractivity contribution in [3.63, 3.8) is 0 Å². The van der Waals surface area contributed by atoms with Crippen molar-refractivity contribution >= 4 is 11.6 Å². The van der Waals surface area contributed by atoms with Crippen LogP contribution in [0, 0.1) is 5.92 Å². The van der Waals surface area contributed by atoms with E-state index in [1.807, 2.05) is 13.8 Å². The smallest absolute Gasteiger partial charge is 0.334 e. The first-order valence-electron chi connectivity index (χ1n) is 8.49. The number of halogens is 3. The Morgan fingerprint density at radius 1 is 1.36 bits per heavy atom. The number of hydrogen-bond acceptors (Lipinski definition) is 3. The SMILES string of the molecule is CCc1cc(C(F)(F)F)n2nc([C@H]3CCCN3C(=O)C(C)C)cc2n1. The van der Waals surface area contributed by atoms with Crippen LogP contribution in [-0.4, -0.2) is 31.9 Å². The third kappa shape index (κ3) is 3.21. The minimum absolute atomic E-state index is 0.00203. The fourth-order valence-electron chi connectivity index (χ4n) is 3.26. The molecule has 5 nitrogen and oxygen atoms in total. The maximum Gasteiger partial charge on any atom is 0.433 e. The quantitative estimate of drug-likeness (QED) is 0.846. The normalized spacial score (nSPS) is 18.5. The van der Waals surface area contributed by atoms with E-state index in [9.17, 15) is 18.0 Å². The van der Waals surface area contributed by atoms with Gasteiger partial charge in [-0.25, -0.2) is 9.50 Å². The molecular weight excluding hydrogens is 333 g/mol. The molecule has 0 unspecified atom stereocenters. The van der Waals surface area contributed by atoms with Crippen LogP contribution in [0.25, 0.3) is 5.65 Å². The molecule has 1 saturated heterocycles. The number of nitrogens with zero attached hydrogens (tertiary/aromatic N) is 4. The summed E-state index contributed by atoms with van der Waals surface area (Å²) < 4.78 is 41.0. The van der Waals surface area contributed by atoms with Crippen molar-refractivity contribution in [2.75, 3.05) is 6.54 Å².